The summed E-state index contributed by atoms with van der Waals surface area (Å²) < 4.78 is 5.19. The minimum Gasteiger partial charge on any atom is -0.464 e. The molecule has 3 rings (SSSR count). The van der Waals surface area contributed by atoms with Gasteiger partial charge in [-0.15, -0.1) is 0 Å². The van der Waals surface area contributed by atoms with Gasteiger partial charge in [0.25, 0.3) is 0 Å². The van der Waals surface area contributed by atoms with Crippen LogP contribution in [0.4, 0.5) is 0 Å². The van der Waals surface area contributed by atoms with Gasteiger partial charge < -0.3 is 10.1 Å². The molecule has 2 aliphatic heterocycles. The van der Waals surface area contributed by atoms with Crippen molar-refractivity contribution in [3.8, 4) is 6.01 Å². The summed E-state index contributed by atoms with van der Waals surface area (Å²) in [6.07, 6.45) is 7.47. The summed E-state index contributed by atoms with van der Waals surface area (Å²) >= 11 is 0. The highest BCUT2D eigenvalue weighted by Gasteiger charge is 2.36. The Labute approximate surface area is 112 Å². The number of ketones is 1. The smallest absolute Gasteiger partial charge is 0.316 e. The van der Waals surface area contributed by atoms with Crippen LogP contribution in [0.15, 0.2) is 12.4 Å². The van der Waals surface area contributed by atoms with Crippen molar-refractivity contribution in [1.29, 1.82) is 0 Å². The largest absolute Gasteiger partial charge is 0.464 e. The molecule has 5 nitrogen and oxygen atoms in total. The number of fused-ring (bicyclic) bond motifs is 2. The molecule has 5 heteroatoms. The number of nitrogens with zero attached hydrogens (tertiary/aromatic N) is 2. The molecule has 1 aromatic rings. The molecule has 2 bridgehead atoms. The lowest BCUT2D eigenvalue weighted by molar-refractivity contribution is 0.0874. The van der Waals surface area contributed by atoms with Crippen LogP contribution in [-0.4, -0.2) is 34.4 Å². The van der Waals surface area contributed by atoms with E-state index in [2.05, 4.69) is 15.3 Å². The Kier molecular flexibility index (Phi) is 3.46. The van der Waals surface area contributed by atoms with E-state index >= 15 is 0 Å². The van der Waals surface area contributed by atoms with Crippen LogP contribution in [0.5, 0.6) is 6.01 Å². The van der Waals surface area contributed by atoms with E-state index in [9.17, 15) is 4.79 Å². The van der Waals surface area contributed by atoms with Gasteiger partial charge in [0.05, 0.1) is 12.2 Å². The second-order valence-electron chi connectivity index (χ2n) is 5.36. The number of piperidine rings is 1. The number of carbonyl (C=O) groups is 1. The summed E-state index contributed by atoms with van der Waals surface area (Å²) in [6.45, 7) is 2.41. The average Bonchev–Trinajstić information content (AvgIpc) is 2.78. The third kappa shape index (κ3) is 2.61. The highest BCUT2D eigenvalue weighted by molar-refractivity contribution is 5.97. The van der Waals surface area contributed by atoms with Crippen molar-refractivity contribution in [3.63, 3.8) is 0 Å². The molecule has 1 N–H and O–H groups in total. The van der Waals surface area contributed by atoms with Gasteiger partial charge in [0.2, 0.25) is 0 Å². The molecule has 102 valence electrons. The zero-order valence-corrected chi connectivity index (χ0v) is 11.1. The Balaban J connectivity index is 1.69. The Morgan fingerprint density at radius 1 is 1.32 bits per heavy atom. The molecule has 1 aromatic heterocycles. The Morgan fingerprint density at radius 2 is 1.95 bits per heavy atom. The summed E-state index contributed by atoms with van der Waals surface area (Å²) in [5.41, 5.74) is 0.606. The van der Waals surface area contributed by atoms with Crippen LogP contribution in [0, 0.1) is 5.92 Å². The lowest BCUT2D eigenvalue weighted by atomic mass is 9.87. The topological polar surface area (TPSA) is 64.1 Å². The van der Waals surface area contributed by atoms with Crippen molar-refractivity contribution in [2.24, 2.45) is 5.92 Å². The predicted molar refractivity (Wildman–Crippen MR) is 70.2 cm³/mol. The van der Waals surface area contributed by atoms with Gasteiger partial charge in [0.1, 0.15) is 0 Å². The van der Waals surface area contributed by atoms with Gasteiger partial charge in [-0.1, -0.05) is 0 Å². The second-order valence-corrected chi connectivity index (χ2v) is 5.36. The molecule has 0 spiro atoms. The van der Waals surface area contributed by atoms with E-state index in [4.69, 9.17) is 4.74 Å². The van der Waals surface area contributed by atoms with Crippen molar-refractivity contribution >= 4 is 5.78 Å². The van der Waals surface area contributed by atoms with E-state index < -0.39 is 0 Å². The first-order valence-electron chi connectivity index (χ1n) is 7.01. The van der Waals surface area contributed by atoms with Crippen LogP contribution in [-0.2, 0) is 0 Å². The number of hydrogen-bond acceptors (Lipinski definition) is 5. The third-order valence-corrected chi connectivity index (χ3v) is 4.03. The summed E-state index contributed by atoms with van der Waals surface area (Å²) in [7, 11) is 0. The average molecular weight is 261 g/mol. The Bertz CT molecular complexity index is 448. The van der Waals surface area contributed by atoms with E-state index in [1.54, 1.807) is 12.4 Å². The van der Waals surface area contributed by atoms with Gasteiger partial charge in [-0.05, 0) is 32.6 Å². The van der Waals surface area contributed by atoms with E-state index in [0.29, 0.717) is 30.3 Å². The van der Waals surface area contributed by atoms with Gasteiger partial charge in [-0.3, -0.25) is 4.79 Å². The monoisotopic (exact) mass is 261 g/mol. The minimum atomic E-state index is 0.125. The number of Topliss-reactive ketones (excluding diaryl/α,β-unsaturated/α-hetero) is 1. The third-order valence-electron chi connectivity index (χ3n) is 4.03. The van der Waals surface area contributed by atoms with Crippen LogP contribution in [0.3, 0.4) is 0 Å². The molecule has 2 unspecified atom stereocenters. The number of rotatable bonds is 4. The van der Waals surface area contributed by atoms with Crippen LogP contribution >= 0.6 is 0 Å². The highest BCUT2D eigenvalue weighted by atomic mass is 16.5. The standard InChI is InChI=1S/C14H19N3O2/c1-2-19-14-15-7-10(8-16-14)13(18)9-5-11-3-4-12(6-9)17-11/h7-9,11-12,17H,2-6H2,1H3. The first-order valence-corrected chi connectivity index (χ1v) is 7.01. The number of aromatic nitrogens is 2. The van der Waals surface area contributed by atoms with Gasteiger partial charge in [-0.25, -0.2) is 9.97 Å². The molecule has 0 saturated carbocycles. The number of ether oxygens (including phenoxy) is 1. The quantitative estimate of drug-likeness (QED) is 0.834. The first-order chi connectivity index (χ1) is 9.26. The van der Waals surface area contributed by atoms with Crippen molar-refractivity contribution in [3.05, 3.63) is 18.0 Å². The van der Waals surface area contributed by atoms with E-state index in [1.807, 2.05) is 6.92 Å². The number of carbonyl (C=O) groups excluding carboxylic acids is 1. The fraction of sp³-hybridized carbons (Fsp3) is 0.643. The van der Waals surface area contributed by atoms with Gasteiger partial charge in [0, 0.05) is 30.4 Å². The van der Waals surface area contributed by atoms with Gasteiger partial charge in [-0.2, -0.15) is 0 Å². The second kappa shape index (κ2) is 5.25. The molecule has 0 aliphatic carbocycles. The SMILES string of the molecule is CCOc1ncc(C(=O)C2CC3CCC(C2)N3)cn1. The zero-order chi connectivity index (χ0) is 13.2. The minimum absolute atomic E-state index is 0.125. The van der Waals surface area contributed by atoms with Crippen LogP contribution in [0.2, 0.25) is 0 Å². The summed E-state index contributed by atoms with van der Waals surface area (Å²) in [5, 5.41) is 3.55. The first kappa shape index (κ1) is 12.5. The normalized spacial score (nSPS) is 29.2. The maximum Gasteiger partial charge on any atom is 0.316 e. The van der Waals surface area contributed by atoms with Crippen molar-refractivity contribution in [1.82, 2.24) is 15.3 Å². The summed E-state index contributed by atoms with van der Waals surface area (Å²) in [6, 6.07) is 1.39. The summed E-state index contributed by atoms with van der Waals surface area (Å²) in [5.74, 6) is 0.307. The molecule has 0 radical (unpaired) electrons. The van der Waals surface area contributed by atoms with Crippen LogP contribution in [0.25, 0.3) is 0 Å². The lowest BCUT2D eigenvalue weighted by Crippen LogP contribution is -2.40. The highest BCUT2D eigenvalue weighted by Crippen LogP contribution is 2.32. The predicted octanol–water partition coefficient (Wildman–Crippen LogP) is 1.59. The van der Waals surface area contributed by atoms with Crippen LogP contribution < -0.4 is 10.1 Å². The zero-order valence-electron chi connectivity index (χ0n) is 11.1. The fourth-order valence-electron chi connectivity index (χ4n) is 3.15. The molecule has 2 aliphatic rings. The summed E-state index contributed by atoms with van der Waals surface area (Å²) in [4.78, 5) is 20.6. The van der Waals surface area contributed by atoms with Crippen molar-refractivity contribution in [2.45, 2.75) is 44.7 Å². The van der Waals surface area contributed by atoms with E-state index in [0.717, 1.165) is 12.8 Å². The van der Waals surface area contributed by atoms with E-state index in [1.165, 1.54) is 12.8 Å². The molecule has 2 atom stereocenters. The molecular formula is C14H19N3O2. The van der Waals surface area contributed by atoms with E-state index in [-0.39, 0.29) is 11.7 Å². The Morgan fingerprint density at radius 3 is 2.53 bits per heavy atom. The van der Waals surface area contributed by atoms with Crippen molar-refractivity contribution in [2.75, 3.05) is 6.61 Å². The molecule has 19 heavy (non-hydrogen) atoms. The van der Waals surface area contributed by atoms with Gasteiger partial charge >= 0.3 is 6.01 Å². The molecule has 0 aromatic carbocycles. The van der Waals surface area contributed by atoms with Gasteiger partial charge in [0.15, 0.2) is 5.78 Å². The van der Waals surface area contributed by atoms with Crippen LogP contribution in [0.1, 0.15) is 43.0 Å². The molecule has 2 saturated heterocycles. The molecule has 2 fully saturated rings. The van der Waals surface area contributed by atoms with Crippen molar-refractivity contribution < 1.29 is 9.53 Å². The maximum atomic E-state index is 12.4. The molecule has 3 heterocycles. The molecule has 0 amide bonds. The number of nitrogens with one attached hydrogen (secondary N) is 1. The lowest BCUT2D eigenvalue weighted by Gasteiger charge is -2.27. The fourth-order valence-corrected chi connectivity index (χ4v) is 3.15. The molecular weight excluding hydrogens is 242 g/mol. The Hall–Kier alpha value is -1.49. The number of hydrogen-bond donors (Lipinski definition) is 1. The maximum absolute atomic E-state index is 12.4.